The van der Waals surface area contributed by atoms with Crippen molar-refractivity contribution in [3.05, 3.63) is 24.3 Å². The van der Waals surface area contributed by atoms with Crippen LogP contribution in [-0.4, -0.2) is 11.2 Å². The fraction of sp³-hybridized carbons (Fsp3) is 0.364. The van der Waals surface area contributed by atoms with Crippen LogP contribution in [0, 0.1) is 0 Å². The third kappa shape index (κ3) is 3.43. The lowest BCUT2D eigenvalue weighted by molar-refractivity contribution is -0.120. The second kappa shape index (κ2) is 6.40. The molecule has 4 nitrogen and oxygen atoms in total. The predicted octanol–water partition coefficient (Wildman–Crippen LogP) is 1.52. The Morgan fingerprint density at radius 3 is 2.75 bits per heavy atom. The van der Waals surface area contributed by atoms with Gasteiger partial charge < -0.3 is 5.73 Å². The summed E-state index contributed by atoms with van der Waals surface area (Å²) in [7, 11) is 0. The first-order chi connectivity index (χ1) is 7.69. The molecule has 0 heterocycles. The van der Waals surface area contributed by atoms with E-state index >= 15 is 0 Å². The van der Waals surface area contributed by atoms with Gasteiger partial charge in [0.15, 0.2) is 0 Å². The van der Waals surface area contributed by atoms with Crippen LogP contribution in [0.3, 0.4) is 0 Å². The summed E-state index contributed by atoms with van der Waals surface area (Å²) in [6, 6.07) is 7.51. The molecule has 0 aliphatic carbocycles. The average Bonchev–Trinajstić information content (AvgIpc) is 2.30. The van der Waals surface area contributed by atoms with Crippen molar-refractivity contribution in [2.45, 2.75) is 29.9 Å². The molecule has 1 aromatic carbocycles. The van der Waals surface area contributed by atoms with E-state index in [9.17, 15) is 4.79 Å². The van der Waals surface area contributed by atoms with Gasteiger partial charge in [-0.15, -0.1) is 11.8 Å². The van der Waals surface area contributed by atoms with Crippen molar-refractivity contribution < 1.29 is 4.79 Å². The number of para-hydroxylation sites is 1. The molecule has 0 aromatic heterocycles. The summed E-state index contributed by atoms with van der Waals surface area (Å²) in [5, 5.41) is -0.181. The number of nitrogen functional groups attached to an aromatic ring is 1. The van der Waals surface area contributed by atoms with Crippen LogP contribution in [-0.2, 0) is 4.79 Å². The van der Waals surface area contributed by atoms with Gasteiger partial charge in [0.1, 0.15) is 0 Å². The number of benzene rings is 1. The van der Waals surface area contributed by atoms with Crippen LogP contribution in [0.25, 0.3) is 0 Å². The monoisotopic (exact) mass is 239 g/mol. The number of hydrazine groups is 1. The van der Waals surface area contributed by atoms with Gasteiger partial charge in [-0.05, 0) is 18.6 Å². The normalized spacial score (nSPS) is 12.1. The van der Waals surface area contributed by atoms with Gasteiger partial charge >= 0.3 is 0 Å². The standard InChI is InChI=1S/C11H17N3OS/c1-2-5-10(11(15)14-13)16-9-7-4-3-6-8(9)12/h3-4,6-7,10H,2,5,12-13H2,1H3,(H,14,15). The van der Waals surface area contributed by atoms with Gasteiger partial charge in [-0.25, -0.2) is 5.84 Å². The van der Waals surface area contributed by atoms with Crippen LogP contribution in [0.15, 0.2) is 29.2 Å². The lowest BCUT2D eigenvalue weighted by Gasteiger charge is -2.14. The number of carbonyl (C=O) groups excluding carboxylic acids is 1. The van der Waals surface area contributed by atoms with Crippen LogP contribution in [0.5, 0.6) is 0 Å². The van der Waals surface area contributed by atoms with E-state index in [-0.39, 0.29) is 11.2 Å². The molecule has 1 amide bonds. The molecule has 1 rings (SSSR count). The minimum Gasteiger partial charge on any atom is -0.398 e. The molecule has 0 fully saturated rings. The van der Waals surface area contributed by atoms with E-state index in [1.165, 1.54) is 11.8 Å². The van der Waals surface area contributed by atoms with E-state index in [2.05, 4.69) is 5.43 Å². The number of thioether (sulfide) groups is 1. The number of amides is 1. The Kier molecular flexibility index (Phi) is 5.14. The molecule has 16 heavy (non-hydrogen) atoms. The zero-order chi connectivity index (χ0) is 12.0. The minimum absolute atomic E-state index is 0.157. The van der Waals surface area contributed by atoms with Crippen molar-refractivity contribution in [3.8, 4) is 0 Å². The maximum Gasteiger partial charge on any atom is 0.247 e. The summed E-state index contributed by atoms with van der Waals surface area (Å²) in [6.07, 6.45) is 1.71. The average molecular weight is 239 g/mol. The number of anilines is 1. The van der Waals surface area contributed by atoms with Crippen LogP contribution >= 0.6 is 11.8 Å². The number of hydrogen-bond donors (Lipinski definition) is 3. The molecule has 0 saturated heterocycles. The van der Waals surface area contributed by atoms with Gasteiger partial charge in [0, 0.05) is 10.6 Å². The largest absolute Gasteiger partial charge is 0.398 e. The molecular formula is C11H17N3OS. The van der Waals surface area contributed by atoms with Crippen molar-refractivity contribution in [2.24, 2.45) is 5.84 Å². The van der Waals surface area contributed by atoms with E-state index < -0.39 is 0 Å². The fourth-order valence-corrected chi connectivity index (χ4v) is 2.54. The number of hydrogen-bond acceptors (Lipinski definition) is 4. The van der Waals surface area contributed by atoms with E-state index in [0.29, 0.717) is 5.69 Å². The highest BCUT2D eigenvalue weighted by Gasteiger charge is 2.18. The van der Waals surface area contributed by atoms with Crippen LogP contribution < -0.4 is 17.0 Å². The summed E-state index contributed by atoms with van der Waals surface area (Å²) in [4.78, 5) is 12.4. The number of rotatable bonds is 5. The molecule has 0 aliphatic heterocycles. The summed E-state index contributed by atoms with van der Waals surface area (Å²) in [6.45, 7) is 2.03. The second-order valence-electron chi connectivity index (χ2n) is 3.44. The van der Waals surface area contributed by atoms with Gasteiger partial charge in [0.25, 0.3) is 0 Å². The molecule has 0 aliphatic rings. The molecule has 0 bridgehead atoms. The number of carbonyl (C=O) groups is 1. The van der Waals surface area contributed by atoms with Crippen molar-refractivity contribution >= 4 is 23.4 Å². The molecular weight excluding hydrogens is 222 g/mol. The van der Waals surface area contributed by atoms with Gasteiger partial charge in [-0.3, -0.25) is 10.2 Å². The first kappa shape index (κ1) is 12.9. The van der Waals surface area contributed by atoms with Gasteiger partial charge in [0.05, 0.1) is 5.25 Å². The molecule has 1 atom stereocenters. The Hall–Kier alpha value is -1.20. The summed E-state index contributed by atoms with van der Waals surface area (Å²) >= 11 is 1.46. The quantitative estimate of drug-likeness (QED) is 0.239. The van der Waals surface area contributed by atoms with Gasteiger partial charge in [0.2, 0.25) is 5.91 Å². The molecule has 1 unspecified atom stereocenters. The van der Waals surface area contributed by atoms with E-state index in [1.807, 2.05) is 31.2 Å². The van der Waals surface area contributed by atoms with Crippen LogP contribution in [0.4, 0.5) is 5.69 Å². The van der Waals surface area contributed by atoms with E-state index in [1.54, 1.807) is 0 Å². The van der Waals surface area contributed by atoms with Crippen molar-refractivity contribution in [1.82, 2.24) is 5.43 Å². The molecule has 88 valence electrons. The highest BCUT2D eigenvalue weighted by atomic mass is 32.2. The highest BCUT2D eigenvalue weighted by Crippen LogP contribution is 2.30. The number of nitrogens with two attached hydrogens (primary N) is 2. The zero-order valence-corrected chi connectivity index (χ0v) is 10.1. The maximum atomic E-state index is 11.5. The molecule has 5 N–H and O–H groups in total. The molecule has 0 saturated carbocycles. The Balaban J connectivity index is 2.75. The molecule has 0 radical (unpaired) electrons. The summed E-state index contributed by atoms with van der Waals surface area (Å²) in [5.74, 6) is 4.99. The predicted molar refractivity (Wildman–Crippen MR) is 67.7 cm³/mol. The number of nitrogens with one attached hydrogen (secondary N) is 1. The smallest absolute Gasteiger partial charge is 0.247 e. The van der Waals surface area contributed by atoms with Gasteiger partial charge in [-0.2, -0.15) is 0 Å². The van der Waals surface area contributed by atoms with E-state index in [4.69, 9.17) is 11.6 Å². The molecule has 0 spiro atoms. The minimum atomic E-state index is -0.181. The Bertz CT molecular complexity index is 357. The van der Waals surface area contributed by atoms with Crippen molar-refractivity contribution in [2.75, 3.05) is 5.73 Å². The third-order valence-electron chi connectivity index (χ3n) is 2.17. The maximum absolute atomic E-state index is 11.5. The summed E-state index contributed by atoms with van der Waals surface area (Å²) < 4.78 is 0. The SMILES string of the molecule is CCCC(Sc1ccccc1N)C(=O)NN. The van der Waals surface area contributed by atoms with Crippen molar-refractivity contribution in [3.63, 3.8) is 0 Å². The van der Waals surface area contributed by atoms with Crippen LogP contribution in [0.1, 0.15) is 19.8 Å². The Morgan fingerprint density at radius 1 is 1.50 bits per heavy atom. The topological polar surface area (TPSA) is 81.1 Å². The van der Waals surface area contributed by atoms with Crippen LogP contribution in [0.2, 0.25) is 0 Å². The molecule has 5 heteroatoms. The zero-order valence-electron chi connectivity index (χ0n) is 9.27. The molecule has 1 aromatic rings. The highest BCUT2D eigenvalue weighted by molar-refractivity contribution is 8.00. The first-order valence-electron chi connectivity index (χ1n) is 5.20. The fourth-order valence-electron chi connectivity index (χ4n) is 1.34. The lowest BCUT2D eigenvalue weighted by atomic mass is 10.2. The summed E-state index contributed by atoms with van der Waals surface area (Å²) in [5.41, 5.74) is 8.70. The second-order valence-corrected chi connectivity index (χ2v) is 4.69. The van der Waals surface area contributed by atoms with Gasteiger partial charge in [-0.1, -0.05) is 25.5 Å². The van der Waals surface area contributed by atoms with E-state index in [0.717, 1.165) is 17.7 Å². The Morgan fingerprint density at radius 2 is 2.19 bits per heavy atom. The lowest BCUT2D eigenvalue weighted by Crippen LogP contribution is -2.37. The van der Waals surface area contributed by atoms with Crippen molar-refractivity contribution in [1.29, 1.82) is 0 Å². The first-order valence-corrected chi connectivity index (χ1v) is 6.08. The Labute approximate surface area is 99.7 Å². The third-order valence-corrected chi connectivity index (χ3v) is 3.53.